The molecule has 2 aliphatic rings. The van der Waals surface area contributed by atoms with Crippen LogP contribution in [-0.4, -0.2) is 18.5 Å². The molecular weight excluding hydrogens is 340 g/mol. The zero-order valence-electron chi connectivity index (χ0n) is 13.0. The van der Waals surface area contributed by atoms with Crippen molar-refractivity contribution in [2.75, 3.05) is 6.54 Å². The second-order valence-electron chi connectivity index (χ2n) is 6.99. The van der Waals surface area contributed by atoms with Crippen LogP contribution >= 0.6 is 15.9 Å². The maximum atomic E-state index is 12.5. The molecule has 22 heavy (non-hydrogen) atoms. The van der Waals surface area contributed by atoms with E-state index in [2.05, 4.69) is 45.5 Å². The van der Waals surface area contributed by atoms with Crippen LogP contribution in [0.2, 0.25) is 0 Å². The van der Waals surface area contributed by atoms with Crippen LogP contribution in [-0.2, 0) is 10.2 Å². The lowest BCUT2D eigenvalue weighted by Gasteiger charge is -2.43. The van der Waals surface area contributed by atoms with E-state index in [1.807, 2.05) is 0 Å². The van der Waals surface area contributed by atoms with E-state index >= 15 is 0 Å². The highest BCUT2D eigenvalue weighted by atomic mass is 79.9. The highest BCUT2D eigenvalue weighted by molar-refractivity contribution is 9.10. The standard InChI is InChI=1S/C18H25BrN2O/c19-15-6-2-5-14(11-15)18(8-3-9-18)12-21-17(22)13-4-1-7-16(20)10-13/h2,5-6,11,13,16H,1,3-4,7-10,12,20H2,(H,21,22). The predicted molar refractivity (Wildman–Crippen MR) is 92.6 cm³/mol. The average molecular weight is 365 g/mol. The molecule has 0 radical (unpaired) electrons. The highest BCUT2D eigenvalue weighted by Crippen LogP contribution is 2.43. The van der Waals surface area contributed by atoms with Crippen molar-refractivity contribution in [1.82, 2.24) is 5.32 Å². The van der Waals surface area contributed by atoms with E-state index in [1.54, 1.807) is 0 Å². The van der Waals surface area contributed by atoms with Gasteiger partial charge in [-0.1, -0.05) is 40.9 Å². The number of hydrogen-bond donors (Lipinski definition) is 2. The third kappa shape index (κ3) is 3.38. The highest BCUT2D eigenvalue weighted by Gasteiger charge is 2.39. The van der Waals surface area contributed by atoms with Crippen LogP contribution < -0.4 is 11.1 Å². The summed E-state index contributed by atoms with van der Waals surface area (Å²) in [6, 6.07) is 8.72. The first kappa shape index (κ1) is 16.0. The first-order valence-corrected chi connectivity index (χ1v) is 9.18. The number of hydrogen-bond acceptors (Lipinski definition) is 2. The normalized spacial score (nSPS) is 27.0. The Balaban J connectivity index is 1.62. The van der Waals surface area contributed by atoms with E-state index in [4.69, 9.17) is 5.73 Å². The van der Waals surface area contributed by atoms with Crippen LogP contribution in [0.25, 0.3) is 0 Å². The summed E-state index contributed by atoms with van der Waals surface area (Å²) in [5.74, 6) is 0.319. The van der Waals surface area contributed by atoms with Crippen molar-refractivity contribution in [2.45, 2.75) is 56.4 Å². The molecule has 2 saturated carbocycles. The van der Waals surface area contributed by atoms with Gasteiger partial charge in [0.2, 0.25) is 5.91 Å². The van der Waals surface area contributed by atoms with Gasteiger partial charge < -0.3 is 11.1 Å². The number of carbonyl (C=O) groups is 1. The van der Waals surface area contributed by atoms with E-state index in [1.165, 1.54) is 12.0 Å². The lowest BCUT2D eigenvalue weighted by molar-refractivity contribution is -0.126. The van der Waals surface area contributed by atoms with E-state index in [9.17, 15) is 4.79 Å². The van der Waals surface area contributed by atoms with E-state index in [-0.39, 0.29) is 23.3 Å². The van der Waals surface area contributed by atoms with E-state index in [0.29, 0.717) is 0 Å². The fraction of sp³-hybridized carbons (Fsp3) is 0.611. The zero-order valence-corrected chi connectivity index (χ0v) is 14.6. The minimum Gasteiger partial charge on any atom is -0.355 e. The quantitative estimate of drug-likeness (QED) is 0.858. The van der Waals surface area contributed by atoms with Gasteiger partial charge in [-0.2, -0.15) is 0 Å². The second kappa shape index (κ2) is 6.71. The monoisotopic (exact) mass is 364 g/mol. The predicted octanol–water partition coefficient (Wildman–Crippen LogP) is 3.50. The molecule has 1 aromatic carbocycles. The number of benzene rings is 1. The Morgan fingerprint density at radius 1 is 1.32 bits per heavy atom. The van der Waals surface area contributed by atoms with Gasteiger partial charge in [0.05, 0.1) is 0 Å². The van der Waals surface area contributed by atoms with E-state index in [0.717, 1.165) is 49.5 Å². The van der Waals surface area contributed by atoms with Crippen LogP contribution in [0.4, 0.5) is 0 Å². The maximum Gasteiger partial charge on any atom is 0.223 e. The summed E-state index contributed by atoms with van der Waals surface area (Å²) in [4.78, 5) is 12.5. The summed E-state index contributed by atoms with van der Waals surface area (Å²) < 4.78 is 1.11. The Hall–Kier alpha value is -0.870. The molecule has 120 valence electrons. The number of rotatable bonds is 4. The maximum absolute atomic E-state index is 12.5. The van der Waals surface area contributed by atoms with Crippen LogP contribution in [0.15, 0.2) is 28.7 Å². The summed E-state index contributed by atoms with van der Waals surface area (Å²) in [5.41, 5.74) is 7.48. The fourth-order valence-corrected chi connectivity index (χ4v) is 4.26. The summed E-state index contributed by atoms with van der Waals surface area (Å²) in [6.45, 7) is 0.758. The first-order chi connectivity index (χ1) is 10.6. The lowest BCUT2D eigenvalue weighted by atomic mass is 9.64. The number of amides is 1. The Labute approximate surface area is 141 Å². The fourth-order valence-electron chi connectivity index (χ4n) is 3.86. The average Bonchev–Trinajstić information content (AvgIpc) is 2.46. The van der Waals surface area contributed by atoms with E-state index < -0.39 is 0 Å². The van der Waals surface area contributed by atoms with Crippen molar-refractivity contribution in [1.29, 1.82) is 0 Å². The molecule has 0 heterocycles. The minimum atomic E-state index is 0.114. The molecule has 2 atom stereocenters. The summed E-state index contributed by atoms with van der Waals surface area (Å²) >= 11 is 3.56. The molecular formula is C18H25BrN2O. The molecule has 0 saturated heterocycles. The Bertz CT molecular complexity index is 542. The minimum absolute atomic E-state index is 0.114. The third-order valence-corrected chi connectivity index (χ3v) is 5.93. The van der Waals surface area contributed by atoms with Crippen molar-refractivity contribution >= 4 is 21.8 Å². The summed E-state index contributed by atoms with van der Waals surface area (Å²) in [5, 5.41) is 3.22. The summed E-state index contributed by atoms with van der Waals surface area (Å²) in [6.07, 6.45) is 7.54. The van der Waals surface area contributed by atoms with Crippen LogP contribution in [0.3, 0.4) is 0 Å². The molecule has 2 fully saturated rings. The number of halogens is 1. The Morgan fingerprint density at radius 2 is 2.14 bits per heavy atom. The second-order valence-corrected chi connectivity index (χ2v) is 7.90. The van der Waals surface area contributed by atoms with Crippen molar-refractivity contribution in [3.63, 3.8) is 0 Å². The van der Waals surface area contributed by atoms with Gasteiger partial charge in [0.1, 0.15) is 0 Å². The Morgan fingerprint density at radius 3 is 2.77 bits per heavy atom. The van der Waals surface area contributed by atoms with Gasteiger partial charge in [0.25, 0.3) is 0 Å². The molecule has 0 bridgehead atoms. The van der Waals surface area contributed by atoms with Gasteiger partial charge >= 0.3 is 0 Å². The molecule has 2 aliphatic carbocycles. The van der Waals surface area contributed by atoms with Crippen molar-refractivity contribution < 1.29 is 4.79 Å². The van der Waals surface area contributed by atoms with Crippen molar-refractivity contribution in [2.24, 2.45) is 11.7 Å². The molecule has 3 rings (SSSR count). The van der Waals surface area contributed by atoms with Gasteiger partial charge in [0.15, 0.2) is 0 Å². The van der Waals surface area contributed by atoms with Crippen LogP contribution in [0, 0.1) is 5.92 Å². The molecule has 1 aromatic rings. The molecule has 1 amide bonds. The first-order valence-electron chi connectivity index (χ1n) is 8.38. The van der Waals surface area contributed by atoms with Gasteiger partial charge in [-0.25, -0.2) is 0 Å². The number of nitrogens with two attached hydrogens (primary N) is 1. The van der Waals surface area contributed by atoms with Crippen molar-refractivity contribution in [3.8, 4) is 0 Å². The van der Waals surface area contributed by atoms with Crippen LogP contribution in [0.5, 0.6) is 0 Å². The molecule has 3 nitrogen and oxygen atoms in total. The molecule has 0 spiro atoms. The van der Waals surface area contributed by atoms with Gasteiger partial charge in [0, 0.05) is 28.4 Å². The third-order valence-electron chi connectivity index (χ3n) is 5.43. The zero-order chi connectivity index (χ0) is 15.6. The SMILES string of the molecule is NC1CCCC(C(=O)NCC2(c3cccc(Br)c3)CCC2)C1. The van der Waals surface area contributed by atoms with Gasteiger partial charge in [-0.3, -0.25) is 4.79 Å². The number of carbonyl (C=O) groups excluding carboxylic acids is 1. The molecule has 0 aliphatic heterocycles. The summed E-state index contributed by atoms with van der Waals surface area (Å²) in [7, 11) is 0. The molecule has 4 heteroatoms. The molecule has 0 aromatic heterocycles. The topological polar surface area (TPSA) is 55.1 Å². The van der Waals surface area contributed by atoms with Crippen LogP contribution in [0.1, 0.15) is 50.5 Å². The largest absolute Gasteiger partial charge is 0.355 e. The Kier molecular flexibility index (Phi) is 4.88. The van der Waals surface area contributed by atoms with Crippen molar-refractivity contribution in [3.05, 3.63) is 34.3 Å². The molecule has 3 N–H and O–H groups in total. The van der Waals surface area contributed by atoms with Gasteiger partial charge in [-0.05, 0) is 49.8 Å². The molecule has 2 unspecified atom stereocenters. The number of nitrogens with one attached hydrogen (secondary N) is 1. The smallest absolute Gasteiger partial charge is 0.223 e. The van der Waals surface area contributed by atoms with Gasteiger partial charge in [-0.15, -0.1) is 0 Å². The lowest BCUT2D eigenvalue weighted by Crippen LogP contribution is -2.48.